The minimum atomic E-state index is 0. The van der Waals surface area contributed by atoms with Crippen molar-refractivity contribution in [3.63, 3.8) is 0 Å². The van der Waals surface area contributed by atoms with Crippen molar-refractivity contribution < 1.29 is 20.4 Å². The summed E-state index contributed by atoms with van der Waals surface area (Å²) in [6.07, 6.45) is 0. The summed E-state index contributed by atoms with van der Waals surface area (Å²) in [5.41, 5.74) is 5.85. The molecule has 0 saturated heterocycles. The molecule has 0 radical (unpaired) electrons. The van der Waals surface area contributed by atoms with E-state index in [4.69, 9.17) is 0 Å². The van der Waals surface area contributed by atoms with Crippen LogP contribution in [0.15, 0.2) is 72.8 Å². The first-order valence-corrected chi connectivity index (χ1v) is 7.38. The van der Waals surface area contributed by atoms with Crippen molar-refractivity contribution in [2.45, 2.75) is 0 Å². The molecule has 23 heavy (non-hydrogen) atoms. The third kappa shape index (κ3) is 2.65. The molecule has 0 atom stereocenters. The zero-order valence-electron chi connectivity index (χ0n) is 12.7. The van der Waals surface area contributed by atoms with E-state index in [1.807, 2.05) is 24.3 Å². The van der Waals surface area contributed by atoms with E-state index in [0.29, 0.717) is 0 Å². The summed E-state index contributed by atoms with van der Waals surface area (Å²) >= 11 is 0. The molecule has 1 nitrogen and oxygen atoms in total. The monoisotopic (exact) mass is 387 g/mol. The number of para-hydroxylation sites is 1. The van der Waals surface area contributed by atoms with Gasteiger partial charge in [-0.3, -0.25) is 0 Å². The molecule has 0 aliphatic carbocycles. The molecule has 2 heteroatoms. The Morgan fingerprint density at radius 1 is 0.739 bits per heavy atom. The van der Waals surface area contributed by atoms with Gasteiger partial charge in [-0.25, -0.2) is 0 Å². The molecule has 1 heterocycles. The standard InChI is InChI=1S/C21H15N.Pd/c1-22-19-15-9-8-14-18(19)20(16-10-4-2-5-11-16)21(22)17-12-6-3-7-13-17;/h2-10,12,14-15H,1H3;/q-2;+2. The average Bonchev–Trinajstić information content (AvgIpc) is 2.90. The van der Waals surface area contributed by atoms with Gasteiger partial charge in [-0.1, -0.05) is 23.9 Å². The summed E-state index contributed by atoms with van der Waals surface area (Å²) in [7, 11) is 2.12. The van der Waals surface area contributed by atoms with Crippen LogP contribution in [0.3, 0.4) is 0 Å². The van der Waals surface area contributed by atoms with Crippen molar-refractivity contribution in [3.05, 3.63) is 84.9 Å². The summed E-state index contributed by atoms with van der Waals surface area (Å²) in [4.78, 5) is 0. The van der Waals surface area contributed by atoms with E-state index in [1.165, 1.54) is 22.2 Å². The Kier molecular flexibility index (Phi) is 4.48. The van der Waals surface area contributed by atoms with Gasteiger partial charge in [-0.05, 0) is 11.5 Å². The van der Waals surface area contributed by atoms with E-state index in [1.54, 1.807) is 0 Å². The molecule has 0 saturated carbocycles. The van der Waals surface area contributed by atoms with Crippen LogP contribution < -0.4 is 0 Å². The Labute approximate surface area is 150 Å². The van der Waals surface area contributed by atoms with Gasteiger partial charge in [-0.15, -0.1) is 77.4 Å². The molecule has 0 spiro atoms. The van der Waals surface area contributed by atoms with Crippen molar-refractivity contribution in [1.29, 1.82) is 0 Å². The van der Waals surface area contributed by atoms with Crippen molar-refractivity contribution in [1.82, 2.24) is 4.57 Å². The maximum Gasteiger partial charge on any atom is 2.00 e. The quantitative estimate of drug-likeness (QED) is 0.333. The first-order chi connectivity index (χ1) is 10.9. The number of hydrogen-bond acceptors (Lipinski definition) is 0. The van der Waals surface area contributed by atoms with Gasteiger partial charge in [0.25, 0.3) is 0 Å². The zero-order chi connectivity index (χ0) is 14.9. The van der Waals surface area contributed by atoms with Crippen LogP contribution in [0.5, 0.6) is 0 Å². The number of benzene rings is 3. The number of nitrogens with zero attached hydrogens (tertiary/aromatic N) is 1. The third-order valence-electron chi connectivity index (χ3n) is 4.05. The minimum Gasteiger partial charge on any atom is -0.392 e. The van der Waals surface area contributed by atoms with E-state index < -0.39 is 0 Å². The fourth-order valence-electron chi connectivity index (χ4n) is 3.07. The molecule has 1 aromatic heterocycles. The maximum atomic E-state index is 3.37. The van der Waals surface area contributed by atoms with Crippen LogP contribution in [0.2, 0.25) is 0 Å². The predicted octanol–water partition coefficient (Wildman–Crippen LogP) is 5.11. The number of aryl methyl sites for hydroxylation is 1. The number of fused-ring (bicyclic) bond motifs is 1. The van der Waals surface area contributed by atoms with E-state index in [2.05, 4.69) is 72.3 Å². The summed E-state index contributed by atoms with van der Waals surface area (Å²) in [6.45, 7) is 0. The van der Waals surface area contributed by atoms with Crippen LogP contribution in [0, 0.1) is 12.1 Å². The molecular weight excluding hydrogens is 373 g/mol. The molecule has 0 N–H and O–H groups in total. The van der Waals surface area contributed by atoms with E-state index in [9.17, 15) is 0 Å². The van der Waals surface area contributed by atoms with Gasteiger partial charge in [0.1, 0.15) is 0 Å². The van der Waals surface area contributed by atoms with Crippen LogP contribution in [0.25, 0.3) is 33.3 Å². The molecule has 0 amide bonds. The number of hydrogen-bond donors (Lipinski definition) is 0. The van der Waals surface area contributed by atoms with Crippen molar-refractivity contribution in [2.24, 2.45) is 7.05 Å². The molecule has 0 aliphatic heterocycles. The summed E-state index contributed by atoms with van der Waals surface area (Å²) < 4.78 is 2.25. The topological polar surface area (TPSA) is 4.93 Å². The Bertz CT molecular complexity index is 924. The molecule has 0 bridgehead atoms. The second-order valence-electron chi connectivity index (χ2n) is 5.35. The molecule has 0 aliphatic rings. The molecule has 0 unspecified atom stereocenters. The molecule has 4 rings (SSSR count). The number of rotatable bonds is 2. The van der Waals surface area contributed by atoms with E-state index in [0.717, 1.165) is 11.1 Å². The molecular formula is C21H15NPd. The SMILES string of the molecule is Cn1c(-c2[c-]cccc2)c(-c2[c-]cccc2)c2ccccc21.[Pd+2]. The average molecular weight is 388 g/mol. The van der Waals surface area contributed by atoms with Crippen molar-refractivity contribution >= 4 is 10.9 Å². The molecule has 0 fully saturated rings. The van der Waals surface area contributed by atoms with Crippen LogP contribution in [0.1, 0.15) is 0 Å². The van der Waals surface area contributed by atoms with Gasteiger partial charge in [0.2, 0.25) is 0 Å². The number of aromatic nitrogens is 1. The molecule has 3 aromatic carbocycles. The second-order valence-corrected chi connectivity index (χ2v) is 5.35. The van der Waals surface area contributed by atoms with Gasteiger partial charge < -0.3 is 4.57 Å². The molecule has 114 valence electrons. The Balaban J connectivity index is 0.00000156. The fourth-order valence-corrected chi connectivity index (χ4v) is 3.07. The molecule has 4 aromatic rings. The van der Waals surface area contributed by atoms with Crippen molar-refractivity contribution in [2.75, 3.05) is 0 Å². The normalized spacial score (nSPS) is 10.5. The van der Waals surface area contributed by atoms with Gasteiger partial charge in [0.15, 0.2) is 0 Å². The van der Waals surface area contributed by atoms with Crippen molar-refractivity contribution in [3.8, 4) is 22.4 Å². The smallest absolute Gasteiger partial charge is 0.392 e. The van der Waals surface area contributed by atoms with E-state index in [-0.39, 0.29) is 20.4 Å². The van der Waals surface area contributed by atoms with Gasteiger partial charge >= 0.3 is 20.4 Å². The van der Waals surface area contributed by atoms with E-state index >= 15 is 0 Å². The summed E-state index contributed by atoms with van der Waals surface area (Å²) in [5.74, 6) is 0. The summed E-state index contributed by atoms with van der Waals surface area (Å²) in [6, 6.07) is 31.5. The Morgan fingerprint density at radius 3 is 2.00 bits per heavy atom. The predicted molar refractivity (Wildman–Crippen MR) is 91.5 cm³/mol. The minimum absolute atomic E-state index is 0. The fraction of sp³-hybridized carbons (Fsp3) is 0.0476. The zero-order valence-corrected chi connectivity index (χ0v) is 14.2. The Morgan fingerprint density at radius 2 is 1.35 bits per heavy atom. The first kappa shape index (κ1) is 15.7. The second kappa shape index (κ2) is 6.54. The third-order valence-corrected chi connectivity index (χ3v) is 4.05. The summed E-state index contributed by atoms with van der Waals surface area (Å²) in [5, 5.41) is 1.25. The van der Waals surface area contributed by atoms with Gasteiger partial charge in [0, 0.05) is 12.6 Å². The Hall–Kier alpha value is -2.14. The largest absolute Gasteiger partial charge is 2.00 e. The first-order valence-electron chi connectivity index (χ1n) is 7.38. The van der Waals surface area contributed by atoms with Crippen LogP contribution >= 0.6 is 0 Å². The van der Waals surface area contributed by atoms with Gasteiger partial charge in [0.05, 0.1) is 0 Å². The van der Waals surface area contributed by atoms with Crippen LogP contribution in [0.4, 0.5) is 0 Å². The van der Waals surface area contributed by atoms with Crippen LogP contribution in [-0.4, -0.2) is 4.57 Å². The van der Waals surface area contributed by atoms with Crippen LogP contribution in [-0.2, 0) is 27.5 Å². The van der Waals surface area contributed by atoms with Gasteiger partial charge in [-0.2, -0.15) is 0 Å². The maximum absolute atomic E-state index is 3.37.